The van der Waals surface area contributed by atoms with Crippen LogP contribution in [0.1, 0.15) is 25.8 Å². The number of anilines is 1. The Hall–Kier alpha value is -3.10. The van der Waals surface area contributed by atoms with Crippen LogP contribution in [0.25, 0.3) is 0 Å². The highest BCUT2D eigenvalue weighted by atomic mass is 32.2. The number of carbonyl (C=O) groups excluding carboxylic acids is 2. The predicted molar refractivity (Wildman–Crippen MR) is 159 cm³/mol. The largest absolute Gasteiger partial charge is 0.488 e. The quantitative estimate of drug-likeness (QED) is 0.413. The van der Waals surface area contributed by atoms with Crippen molar-refractivity contribution in [3.63, 3.8) is 0 Å². The molecule has 0 aromatic heterocycles. The first-order chi connectivity index (χ1) is 20.5. The molecule has 236 valence electrons. The van der Waals surface area contributed by atoms with E-state index in [-0.39, 0.29) is 48.7 Å². The smallest absolute Gasteiger partial charge is 0.242 e. The first-order valence-corrected chi connectivity index (χ1v) is 15.9. The Bertz CT molecular complexity index is 1370. The van der Waals surface area contributed by atoms with E-state index in [2.05, 4.69) is 10.2 Å². The first kappa shape index (κ1) is 32.8. The van der Waals surface area contributed by atoms with Gasteiger partial charge in [-0.2, -0.15) is 4.31 Å². The Kier molecular flexibility index (Phi) is 11.1. The van der Waals surface area contributed by atoms with Gasteiger partial charge in [-0.25, -0.2) is 12.8 Å². The molecule has 2 N–H and O–H groups in total. The van der Waals surface area contributed by atoms with Crippen LogP contribution in [-0.2, 0) is 30.8 Å². The summed E-state index contributed by atoms with van der Waals surface area (Å²) in [6.07, 6.45) is -0.393. The molecular formula is C30H41FN4O7S. The zero-order valence-electron chi connectivity index (χ0n) is 24.9. The summed E-state index contributed by atoms with van der Waals surface area (Å²) in [5, 5.41) is 12.8. The summed E-state index contributed by atoms with van der Waals surface area (Å²) in [6.45, 7) is 7.04. The van der Waals surface area contributed by atoms with E-state index in [4.69, 9.17) is 9.47 Å². The number of hydrogen-bond acceptors (Lipinski definition) is 8. The molecule has 2 heterocycles. The Labute approximate surface area is 252 Å². The number of ether oxygens (including phenoxy) is 2. The van der Waals surface area contributed by atoms with Crippen LogP contribution < -0.4 is 10.1 Å². The van der Waals surface area contributed by atoms with Crippen LogP contribution in [0.5, 0.6) is 5.75 Å². The van der Waals surface area contributed by atoms with E-state index in [0.29, 0.717) is 43.2 Å². The number of sulfonamides is 1. The van der Waals surface area contributed by atoms with E-state index in [9.17, 15) is 27.5 Å². The summed E-state index contributed by atoms with van der Waals surface area (Å²) >= 11 is 0. The monoisotopic (exact) mass is 620 g/mol. The molecule has 2 aliphatic heterocycles. The molecule has 2 aromatic carbocycles. The molecular weight excluding hydrogens is 579 g/mol. The van der Waals surface area contributed by atoms with Crippen LogP contribution in [0, 0.1) is 11.7 Å². The number of aliphatic hydroxyl groups is 1. The zero-order valence-corrected chi connectivity index (χ0v) is 25.7. The number of nitrogens with one attached hydrogen (secondary N) is 1. The van der Waals surface area contributed by atoms with Crippen molar-refractivity contribution in [2.75, 3.05) is 64.9 Å². The van der Waals surface area contributed by atoms with Gasteiger partial charge in [-0.15, -0.1) is 0 Å². The van der Waals surface area contributed by atoms with Crippen molar-refractivity contribution in [1.29, 1.82) is 0 Å². The van der Waals surface area contributed by atoms with Gasteiger partial charge in [-0.3, -0.25) is 14.5 Å². The minimum atomic E-state index is -3.96. The lowest BCUT2D eigenvalue weighted by molar-refractivity contribution is -0.134. The summed E-state index contributed by atoms with van der Waals surface area (Å²) in [6, 6.07) is 9.22. The van der Waals surface area contributed by atoms with E-state index < -0.39 is 28.0 Å². The predicted octanol–water partition coefficient (Wildman–Crippen LogP) is 1.96. The van der Waals surface area contributed by atoms with Gasteiger partial charge >= 0.3 is 0 Å². The Morgan fingerprint density at radius 3 is 2.56 bits per heavy atom. The molecule has 4 rings (SSSR count). The Morgan fingerprint density at radius 2 is 1.88 bits per heavy atom. The molecule has 0 bridgehead atoms. The lowest BCUT2D eigenvalue weighted by Gasteiger charge is -2.33. The number of halogens is 1. The van der Waals surface area contributed by atoms with Crippen LogP contribution in [-0.4, -0.2) is 111 Å². The number of carbonyl (C=O) groups is 2. The molecule has 13 heteroatoms. The Morgan fingerprint density at radius 1 is 1.19 bits per heavy atom. The minimum Gasteiger partial charge on any atom is -0.488 e. The molecule has 43 heavy (non-hydrogen) atoms. The van der Waals surface area contributed by atoms with Crippen LogP contribution in [0.3, 0.4) is 0 Å². The average Bonchev–Trinajstić information content (AvgIpc) is 3.03. The number of likely N-dealkylation sites (N-methyl/N-ethyl adjacent to an activating group) is 1. The highest BCUT2D eigenvalue weighted by Gasteiger charge is 2.33. The van der Waals surface area contributed by atoms with Gasteiger partial charge in [0.05, 0.1) is 43.7 Å². The molecule has 0 radical (unpaired) electrons. The first-order valence-electron chi connectivity index (χ1n) is 14.5. The van der Waals surface area contributed by atoms with Gasteiger partial charge in [-0.05, 0) is 49.4 Å². The third kappa shape index (κ3) is 8.51. The highest BCUT2D eigenvalue weighted by molar-refractivity contribution is 7.89. The molecule has 1 saturated heterocycles. The van der Waals surface area contributed by atoms with Gasteiger partial charge < -0.3 is 24.8 Å². The Balaban J connectivity index is 1.56. The van der Waals surface area contributed by atoms with Crippen molar-refractivity contribution in [3.8, 4) is 5.75 Å². The van der Waals surface area contributed by atoms with Gasteiger partial charge in [0.25, 0.3) is 0 Å². The number of amides is 2. The number of morpholine rings is 1. The van der Waals surface area contributed by atoms with E-state index in [1.54, 1.807) is 30.0 Å². The van der Waals surface area contributed by atoms with Crippen molar-refractivity contribution < 1.29 is 37.0 Å². The molecule has 0 spiro atoms. The second-order valence-corrected chi connectivity index (χ2v) is 13.2. The van der Waals surface area contributed by atoms with Crippen LogP contribution in [0.15, 0.2) is 47.4 Å². The molecule has 0 unspecified atom stereocenters. The van der Waals surface area contributed by atoms with Crippen LogP contribution >= 0.6 is 0 Å². The van der Waals surface area contributed by atoms with E-state index >= 15 is 0 Å². The van der Waals surface area contributed by atoms with E-state index in [1.165, 1.54) is 19.2 Å². The fourth-order valence-electron chi connectivity index (χ4n) is 5.17. The molecule has 3 atom stereocenters. The fraction of sp³-hybridized carbons (Fsp3) is 0.533. The van der Waals surface area contributed by atoms with Crippen molar-refractivity contribution in [2.45, 2.75) is 43.7 Å². The van der Waals surface area contributed by atoms with Gasteiger partial charge in [0, 0.05) is 56.8 Å². The minimum absolute atomic E-state index is 0.0275. The molecule has 11 nitrogen and oxygen atoms in total. The molecule has 2 amide bonds. The van der Waals surface area contributed by atoms with Gasteiger partial charge in [-0.1, -0.05) is 6.92 Å². The number of rotatable bonds is 10. The SMILES string of the molecule is C[C@H]1CN([C@@H](C)CO)C(=O)Cc2cc(NC(=O)CCN3CCOCC3)ccc2O[C@@H]1CN(C)S(=O)(=O)c1ccc(F)cc1. The normalized spacial score (nSPS) is 20.9. The third-order valence-electron chi connectivity index (χ3n) is 7.92. The summed E-state index contributed by atoms with van der Waals surface area (Å²) in [5.41, 5.74) is 1.05. The molecule has 1 fully saturated rings. The van der Waals surface area contributed by atoms with Crippen molar-refractivity contribution >= 4 is 27.5 Å². The highest BCUT2D eigenvalue weighted by Crippen LogP contribution is 2.30. The number of hydrogen-bond donors (Lipinski definition) is 2. The van der Waals surface area contributed by atoms with Crippen molar-refractivity contribution in [2.24, 2.45) is 5.92 Å². The number of fused-ring (bicyclic) bond motifs is 1. The average molecular weight is 621 g/mol. The van der Waals surface area contributed by atoms with Crippen LogP contribution in [0.2, 0.25) is 0 Å². The van der Waals surface area contributed by atoms with Gasteiger partial charge in [0.2, 0.25) is 21.8 Å². The summed E-state index contributed by atoms with van der Waals surface area (Å²) < 4.78 is 52.9. The van der Waals surface area contributed by atoms with E-state index in [1.807, 2.05) is 6.92 Å². The number of aliphatic hydroxyl groups excluding tert-OH is 1. The standard InChI is InChI=1S/C30H41FN4O7S/c1-21-18-35(22(2)20-36)30(38)17-23-16-25(32-29(37)10-11-34-12-14-41-15-13-34)6-9-27(23)42-28(21)19-33(3)43(39,40)26-7-4-24(31)5-8-26/h4-9,16,21-22,28,36H,10-15,17-20H2,1-3H3,(H,32,37)/t21-,22-,28+/m0/s1. The van der Waals surface area contributed by atoms with Crippen LogP contribution in [0.4, 0.5) is 10.1 Å². The number of nitrogens with zero attached hydrogens (tertiary/aromatic N) is 3. The maximum atomic E-state index is 13.5. The second kappa shape index (κ2) is 14.6. The third-order valence-corrected chi connectivity index (χ3v) is 9.76. The topological polar surface area (TPSA) is 129 Å². The lowest BCUT2D eigenvalue weighted by Crippen LogP contribution is -2.48. The second-order valence-electron chi connectivity index (χ2n) is 11.2. The van der Waals surface area contributed by atoms with E-state index in [0.717, 1.165) is 29.5 Å². The number of benzene rings is 2. The van der Waals surface area contributed by atoms with Crippen molar-refractivity contribution in [3.05, 3.63) is 53.8 Å². The van der Waals surface area contributed by atoms with Gasteiger partial charge in [0.1, 0.15) is 17.7 Å². The molecule has 0 saturated carbocycles. The maximum absolute atomic E-state index is 13.5. The summed E-state index contributed by atoms with van der Waals surface area (Å²) in [4.78, 5) is 29.9. The molecule has 2 aromatic rings. The fourth-order valence-corrected chi connectivity index (χ4v) is 6.35. The molecule has 2 aliphatic rings. The maximum Gasteiger partial charge on any atom is 0.242 e. The lowest BCUT2D eigenvalue weighted by atomic mass is 10.0. The van der Waals surface area contributed by atoms with Crippen molar-refractivity contribution in [1.82, 2.24) is 14.1 Å². The summed E-state index contributed by atoms with van der Waals surface area (Å²) in [5.74, 6) is -0.836. The summed E-state index contributed by atoms with van der Waals surface area (Å²) in [7, 11) is -2.53. The molecule has 0 aliphatic carbocycles. The van der Waals surface area contributed by atoms with Gasteiger partial charge in [0.15, 0.2) is 0 Å². The zero-order chi connectivity index (χ0) is 31.1.